The Morgan fingerprint density at radius 1 is 1.00 bits per heavy atom. The molecule has 0 fully saturated rings. The maximum atomic E-state index is 13.0. The highest BCUT2D eigenvalue weighted by molar-refractivity contribution is 6.33. The molecule has 1 aromatic heterocycles. The summed E-state index contributed by atoms with van der Waals surface area (Å²) in [5, 5.41) is 12.2. The van der Waals surface area contributed by atoms with Crippen LogP contribution in [0.3, 0.4) is 0 Å². The van der Waals surface area contributed by atoms with Gasteiger partial charge in [-0.2, -0.15) is 18.0 Å². The lowest BCUT2D eigenvalue weighted by molar-refractivity contribution is -0.138. The summed E-state index contributed by atoms with van der Waals surface area (Å²) in [5.41, 5.74) is -0.0655. The maximum Gasteiger partial charge on any atom is 0.416 e. The Kier molecular flexibility index (Phi) is 4.04. The van der Waals surface area contributed by atoms with Crippen LogP contribution in [-0.4, -0.2) is 20.2 Å². The molecule has 3 aromatic rings. The van der Waals surface area contributed by atoms with Crippen LogP contribution >= 0.6 is 11.6 Å². The molecule has 2 aromatic carbocycles. The van der Waals surface area contributed by atoms with Gasteiger partial charge in [0.15, 0.2) is 0 Å². The molecule has 0 bridgehead atoms. The second-order valence-electron chi connectivity index (χ2n) is 4.78. The molecule has 0 saturated heterocycles. The molecule has 118 valence electrons. The lowest BCUT2D eigenvalue weighted by Gasteiger charge is -2.11. The minimum atomic E-state index is -4.43. The number of tetrazole rings is 1. The van der Waals surface area contributed by atoms with Crippen LogP contribution in [0.5, 0.6) is 0 Å². The van der Waals surface area contributed by atoms with Crippen LogP contribution in [0.1, 0.15) is 11.1 Å². The monoisotopic (exact) mass is 338 g/mol. The lowest BCUT2D eigenvalue weighted by atomic mass is 10.1. The van der Waals surface area contributed by atoms with Crippen molar-refractivity contribution < 1.29 is 13.2 Å². The molecule has 0 aliphatic carbocycles. The largest absolute Gasteiger partial charge is 0.416 e. The molecule has 0 atom stereocenters. The topological polar surface area (TPSA) is 43.6 Å². The van der Waals surface area contributed by atoms with E-state index in [0.29, 0.717) is 10.6 Å². The van der Waals surface area contributed by atoms with Crippen LogP contribution in [0.25, 0.3) is 11.4 Å². The van der Waals surface area contributed by atoms with Gasteiger partial charge in [-0.3, -0.25) is 0 Å². The van der Waals surface area contributed by atoms with Crippen LogP contribution < -0.4 is 0 Å². The van der Waals surface area contributed by atoms with E-state index in [1.807, 2.05) is 0 Å². The van der Waals surface area contributed by atoms with Gasteiger partial charge in [-0.25, -0.2) is 0 Å². The zero-order valence-electron chi connectivity index (χ0n) is 11.6. The maximum absolute atomic E-state index is 13.0. The first-order chi connectivity index (χ1) is 10.9. The van der Waals surface area contributed by atoms with Crippen LogP contribution in [0.15, 0.2) is 48.5 Å². The Labute approximate surface area is 134 Å². The summed E-state index contributed by atoms with van der Waals surface area (Å²) in [6.07, 6.45) is -4.43. The molecule has 0 radical (unpaired) electrons. The SMILES string of the molecule is FC(F)(F)c1ccccc1Cn1nnc(-c2ccccc2Cl)n1. The van der Waals surface area contributed by atoms with E-state index >= 15 is 0 Å². The summed E-state index contributed by atoms with van der Waals surface area (Å²) >= 11 is 6.05. The van der Waals surface area contributed by atoms with Crippen molar-refractivity contribution in [1.82, 2.24) is 20.2 Å². The number of alkyl halides is 3. The van der Waals surface area contributed by atoms with Gasteiger partial charge < -0.3 is 0 Å². The van der Waals surface area contributed by atoms with Crippen LogP contribution in [-0.2, 0) is 12.7 Å². The third kappa shape index (κ3) is 3.34. The van der Waals surface area contributed by atoms with E-state index in [2.05, 4.69) is 15.4 Å². The summed E-state index contributed by atoms with van der Waals surface area (Å²) < 4.78 is 39.0. The molecule has 23 heavy (non-hydrogen) atoms. The second kappa shape index (κ2) is 6.00. The van der Waals surface area contributed by atoms with Gasteiger partial charge in [0.1, 0.15) is 0 Å². The van der Waals surface area contributed by atoms with Crippen molar-refractivity contribution in [3.8, 4) is 11.4 Å². The van der Waals surface area contributed by atoms with Crippen molar-refractivity contribution in [2.75, 3.05) is 0 Å². The van der Waals surface area contributed by atoms with Gasteiger partial charge >= 0.3 is 6.18 Å². The Morgan fingerprint density at radius 2 is 1.70 bits per heavy atom. The van der Waals surface area contributed by atoms with E-state index in [-0.39, 0.29) is 17.9 Å². The minimum absolute atomic E-state index is 0.0723. The summed E-state index contributed by atoms with van der Waals surface area (Å²) in [6, 6.07) is 12.2. The van der Waals surface area contributed by atoms with Crippen molar-refractivity contribution in [3.05, 3.63) is 64.7 Å². The van der Waals surface area contributed by atoms with E-state index in [0.717, 1.165) is 10.9 Å². The predicted octanol–water partition coefficient (Wildman–Crippen LogP) is 4.06. The highest BCUT2D eigenvalue weighted by Gasteiger charge is 2.33. The van der Waals surface area contributed by atoms with Gasteiger partial charge in [0.2, 0.25) is 5.82 Å². The highest BCUT2D eigenvalue weighted by atomic mass is 35.5. The quantitative estimate of drug-likeness (QED) is 0.723. The summed E-state index contributed by atoms with van der Waals surface area (Å²) in [5.74, 6) is 0.264. The van der Waals surface area contributed by atoms with Gasteiger partial charge in [-0.05, 0) is 29.0 Å². The first-order valence-corrected chi connectivity index (χ1v) is 7.01. The first-order valence-electron chi connectivity index (χ1n) is 6.63. The molecule has 0 amide bonds. The van der Waals surface area contributed by atoms with Gasteiger partial charge in [-0.1, -0.05) is 41.9 Å². The Morgan fingerprint density at radius 3 is 2.43 bits per heavy atom. The molecule has 8 heteroatoms. The smallest absolute Gasteiger partial charge is 0.166 e. The molecule has 0 aliphatic heterocycles. The predicted molar refractivity (Wildman–Crippen MR) is 78.8 cm³/mol. The zero-order chi connectivity index (χ0) is 16.4. The Balaban J connectivity index is 1.90. The normalized spacial score (nSPS) is 11.7. The number of benzene rings is 2. The van der Waals surface area contributed by atoms with E-state index in [1.165, 1.54) is 18.2 Å². The lowest BCUT2D eigenvalue weighted by Crippen LogP contribution is -2.13. The number of hydrogen-bond acceptors (Lipinski definition) is 3. The van der Waals surface area contributed by atoms with E-state index in [1.54, 1.807) is 24.3 Å². The molecule has 4 nitrogen and oxygen atoms in total. The van der Waals surface area contributed by atoms with E-state index < -0.39 is 11.7 Å². The molecule has 0 N–H and O–H groups in total. The fourth-order valence-electron chi connectivity index (χ4n) is 2.15. The molecular formula is C15H10ClF3N4. The van der Waals surface area contributed by atoms with Crippen LogP contribution in [0.4, 0.5) is 13.2 Å². The molecule has 1 heterocycles. The Bertz CT molecular complexity index is 829. The molecule has 0 spiro atoms. The van der Waals surface area contributed by atoms with Crippen molar-refractivity contribution in [3.63, 3.8) is 0 Å². The molecular weight excluding hydrogens is 329 g/mol. The van der Waals surface area contributed by atoms with Gasteiger partial charge in [-0.15, -0.1) is 10.2 Å². The van der Waals surface area contributed by atoms with E-state index in [4.69, 9.17) is 11.6 Å². The van der Waals surface area contributed by atoms with Crippen LogP contribution in [0.2, 0.25) is 5.02 Å². The number of rotatable bonds is 3. The van der Waals surface area contributed by atoms with Crippen molar-refractivity contribution in [2.45, 2.75) is 12.7 Å². The van der Waals surface area contributed by atoms with Gasteiger partial charge in [0, 0.05) is 5.56 Å². The average Bonchev–Trinajstić information content (AvgIpc) is 2.95. The standard InChI is InChI=1S/C15H10ClF3N4/c16-13-8-4-2-6-11(13)14-20-22-23(21-14)9-10-5-1-3-7-12(10)15(17,18)19/h1-8H,9H2. The third-order valence-corrected chi connectivity index (χ3v) is 3.53. The number of aromatic nitrogens is 4. The number of halogens is 4. The first kappa shape index (κ1) is 15.5. The van der Waals surface area contributed by atoms with Gasteiger partial charge in [0.05, 0.1) is 17.1 Å². The molecule has 0 unspecified atom stereocenters. The van der Waals surface area contributed by atoms with Gasteiger partial charge in [0.25, 0.3) is 0 Å². The fourth-order valence-corrected chi connectivity index (χ4v) is 2.37. The second-order valence-corrected chi connectivity index (χ2v) is 5.19. The molecule has 0 saturated carbocycles. The summed E-state index contributed by atoms with van der Waals surface area (Å²) in [4.78, 5) is 1.11. The average molecular weight is 339 g/mol. The Hall–Kier alpha value is -2.41. The number of hydrogen-bond donors (Lipinski definition) is 0. The van der Waals surface area contributed by atoms with Crippen molar-refractivity contribution in [2.24, 2.45) is 0 Å². The third-order valence-electron chi connectivity index (χ3n) is 3.20. The van der Waals surface area contributed by atoms with Crippen molar-refractivity contribution >= 4 is 11.6 Å². The zero-order valence-corrected chi connectivity index (χ0v) is 12.4. The van der Waals surface area contributed by atoms with E-state index in [9.17, 15) is 13.2 Å². The summed E-state index contributed by atoms with van der Waals surface area (Å²) in [6.45, 7) is -0.132. The highest BCUT2D eigenvalue weighted by Crippen LogP contribution is 2.32. The fraction of sp³-hybridized carbons (Fsp3) is 0.133. The van der Waals surface area contributed by atoms with Crippen LogP contribution in [0, 0.1) is 0 Å². The molecule has 3 rings (SSSR count). The minimum Gasteiger partial charge on any atom is -0.166 e. The molecule has 0 aliphatic rings. The number of nitrogens with zero attached hydrogens (tertiary/aromatic N) is 4. The van der Waals surface area contributed by atoms with Crippen molar-refractivity contribution in [1.29, 1.82) is 0 Å². The summed E-state index contributed by atoms with van der Waals surface area (Å²) in [7, 11) is 0.